The second-order valence-electron chi connectivity index (χ2n) is 5.99. The Hall–Kier alpha value is -2.99. The van der Waals surface area contributed by atoms with Crippen molar-refractivity contribution in [2.75, 3.05) is 26.3 Å². The maximum Gasteiger partial charge on any atom is 0.254 e. The molecule has 4 rings (SSSR count). The first-order valence-electron chi connectivity index (χ1n) is 8.40. The lowest BCUT2D eigenvalue weighted by Crippen LogP contribution is -2.40. The third kappa shape index (κ3) is 3.23. The fourth-order valence-corrected chi connectivity index (χ4v) is 2.94. The van der Waals surface area contributed by atoms with E-state index in [1.807, 2.05) is 18.2 Å². The van der Waals surface area contributed by atoms with E-state index in [2.05, 4.69) is 4.98 Å². The van der Waals surface area contributed by atoms with Gasteiger partial charge in [-0.15, -0.1) is 0 Å². The molecule has 1 amide bonds. The van der Waals surface area contributed by atoms with Crippen molar-refractivity contribution in [2.45, 2.75) is 0 Å². The highest BCUT2D eigenvalue weighted by Crippen LogP contribution is 2.29. The molecule has 6 heteroatoms. The smallest absolute Gasteiger partial charge is 0.254 e. The third-order valence-electron chi connectivity index (χ3n) is 4.32. The Morgan fingerprint density at radius 2 is 1.77 bits per heavy atom. The Kier molecular flexibility index (Phi) is 4.50. The van der Waals surface area contributed by atoms with E-state index >= 15 is 0 Å². The average Bonchev–Trinajstić information content (AvgIpc) is 3.19. The van der Waals surface area contributed by atoms with E-state index in [1.165, 1.54) is 12.1 Å². The standard InChI is InChI=1S/C20H17FN2O3/c21-15-7-5-14(6-8-15)18-13-22-19(26-18)16-3-1-2-4-17(16)20(24)23-9-11-25-12-10-23/h1-8,13H,9-12H2. The van der Waals surface area contributed by atoms with Gasteiger partial charge in [0, 0.05) is 24.2 Å². The van der Waals surface area contributed by atoms with Crippen LogP contribution in [0, 0.1) is 5.82 Å². The summed E-state index contributed by atoms with van der Waals surface area (Å²) in [4.78, 5) is 19.0. The molecule has 3 aromatic rings. The zero-order valence-electron chi connectivity index (χ0n) is 14.0. The van der Waals surface area contributed by atoms with Crippen LogP contribution in [0.25, 0.3) is 22.8 Å². The Morgan fingerprint density at radius 1 is 1.04 bits per heavy atom. The maximum absolute atomic E-state index is 13.1. The van der Waals surface area contributed by atoms with E-state index in [0.717, 1.165) is 5.56 Å². The lowest BCUT2D eigenvalue weighted by molar-refractivity contribution is 0.0303. The van der Waals surface area contributed by atoms with Gasteiger partial charge in [0.05, 0.1) is 25.0 Å². The van der Waals surface area contributed by atoms with Crippen LogP contribution in [0.4, 0.5) is 4.39 Å². The van der Waals surface area contributed by atoms with Crippen LogP contribution in [0.1, 0.15) is 10.4 Å². The van der Waals surface area contributed by atoms with E-state index in [9.17, 15) is 9.18 Å². The summed E-state index contributed by atoms with van der Waals surface area (Å²) in [5.74, 6) is 0.510. The van der Waals surface area contributed by atoms with Crippen LogP contribution in [-0.2, 0) is 4.74 Å². The number of hydrogen-bond donors (Lipinski definition) is 0. The van der Waals surface area contributed by atoms with Gasteiger partial charge in [-0.3, -0.25) is 4.79 Å². The molecule has 132 valence electrons. The van der Waals surface area contributed by atoms with Gasteiger partial charge >= 0.3 is 0 Å². The maximum atomic E-state index is 13.1. The van der Waals surface area contributed by atoms with Crippen LogP contribution in [-0.4, -0.2) is 42.1 Å². The molecule has 1 saturated heterocycles. The minimum atomic E-state index is -0.310. The van der Waals surface area contributed by atoms with Crippen LogP contribution in [0.5, 0.6) is 0 Å². The molecule has 26 heavy (non-hydrogen) atoms. The predicted octanol–water partition coefficient (Wildman–Crippen LogP) is 3.62. The first-order chi connectivity index (χ1) is 12.7. The summed E-state index contributed by atoms with van der Waals surface area (Å²) in [6.45, 7) is 2.22. The fourth-order valence-electron chi connectivity index (χ4n) is 2.94. The Labute approximate surface area is 150 Å². The molecule has 1 aliphatic rings. The zero-order chi connectivity index (χ0) is 17.9. The zero-order valence-corrected chi connectivity index (χ0v) is 14.0. The minimum absolute atomic E-state index is 0.0644. The van der Waals surface area contributed by atoms with Crippen molar-refractivity contribution in [3.63, 3.8) is 0 Å². The molecule has 2 aromatic carbocycles. The van der Waals surface area contributed by atoms with Crippen LogP contribution in [0.3, 0.4) is 0 Å². The first-order valence-corrected chi connectivity index (χ1v) is 8.40. The normalized spacial score (nSPS) is 14.4. The number of ether oxygens (including phenoxy) is 1. The molecule has 1 aliphatic heterocycles. The average molecular weight is 352 g/mol. The van der Waals surface area contributed by atoms with Gasteiger partial charge in [-0.05, 0) is 36.4 Å². The highest BCUT2D eigenvalue weighted by atomic mass is 19.1. The van der Waals surface area contributed by atoms with Crippen molar-refractivity contribution >= 4 is 5.91 Å². The monoisotopic (exact) mass is 352 g/mol. The molecule has 5 nitrogen and oxygen atoms in total. The lowest BCUT2D eigenvalue weighted by Gasteiger charge is -2.27. The van der Waals surface area contributed by atoms with Gasteiger partial charge in [0.1, 0.15) is 5.82 Å². The van der Waals surface area contributed by atoms with Crippen LogP contribution in [0.15, 0.2) is 59.1 Å². The summed E-state index contributed by atoms with van der Waals surface area (Å²) in [5.41, 5.74) is 1.90. The van der Waals surface area contributed by atoms with Gasteiger partial charge in [-0.1, -0.05) is 12.1 Å². The third-order valence-corrected chi connectivity index (χ3v) is 4.32. The highest BCUT2D eigenvalue weighted by molar-refractivity contribution is 6.00. The Morgan fingerprint density at radius 3 is 2.54 bits per heavy atom. The van der Waals surface area contributed by atoms with Crippen LogP contribution in [0.2, 0.25) is 0 Å². The lowest BCUT2D eigenvalue weighted by atomic mass is 10.1. The minimum Gasteiger partial charge on any atom is -0.436 e. The predicted molar refractivity (Wildman–Crippen MR) is 94.1 cm³/mol. The molecule has 1 aromatic heterocycles. The van der Waals surface area contributed by atoms with E-state index in [1.54, 1.807) is 29.3 Å². The molecule has 0 saturated carbocycles. The number of nitrogens with zero attached hydrogens (tertiary/aromatic N) is 2. The second-order valence-corrected chi connectivity index (χ2v) is 5.99. The molecule has 0 N–H and O–H groups in total. The second kappa shape index (κ2) is 7.09. The molecule has 1 fully saturated rings. The summed E-state index contributed by atoms with van der Waals surface area (Å²) in [6.07, 6.45) is 1.58. The summed E-state index contributed by atoms with van der Waals surface area (Å²) in [7, 11) is 0. The summed E-state index contributed by atoms with van der Waals surface area (Å²) >= 11 is 0. The van der Waals surface area contributed by atoms with E-state index in [0.29, 0.717) is 49.1 Å². The molecule has 0 bridgehead atoms. The fraction of sp³-hybridized carbons (Fsp3) is 0.200. The Bertz CT molecular complexity index is 915. The molecule has 0 atom stereocenters. The van der Waals surface area contributed by atoms with Crippen molar-refractivity contribution in [1.29, 1.82) is 0 Å². The van der Waals surface area contributed by atoms with Crippen molar-refractivity contribution in [2.24, 2.45) is 0 Å². The molecular weight excluding hydrogens is 335 g/mol. The number of carbonyl (C=O) groups is 1. The largest absolute Gasteiger partial charge is 0.436 e. The van der Waals surface area contributed by atoms with Gasteiger partial charge in [0.2, 0.25) is 5.89 Å². The summed E-state index contributed by atoms with van der Waals surface area (Å²) in [6, 6.07) is 13.2. The van der Waals surface area contributed by atoms with Crippen molar-refractivity contribution in [1.82, 2.24) is 9.88 Å². The van der Waals surface area contributed by atoms with Crippen molar-refractivity contribution in [3.05, 3.63) is 66.1 Å². The molecular formula is C20H17FN2O3. The van der Waals surface area contributed by atoms with Crippen LogP contribution < -0.4 is 0 Å². The van der Waals surface area contributed by atoms with Gasteiger partial charge in [0.15, 0.2) is 5.76 Å². The molecule has 0 aliphatic carbocycles. The van der Waals surface area contributed by atoms with Crippen molar-refractivity contribution in [3.8, 4) is 22.8 Å². The van der Waals surface area contributed by atoms with Crippen LogP contribution >= 0.6 is 0 Å². The highest BCUT2D eigenvalue weighted by Gasteiger charge is 2.23. The molecule has 0 radical (unpaired) electrons. The number of carbonyl (C=O) groups excluding carboxylic acids is 1. The van der Waals surface area contributed by atoms with E-state index < -0.39 is 0 Å². The first kappa shape index (κ1) is 16.5. The number of oxazole rings is 1. The topological polar surface area (TPSA) is 55.6 Å². The van der Waals surface area contributed by atoms with Gasteiger partial charge in [-0.2, -0.15) is 0 Å². The number of hydrogen-bond acceptors (Lipinski definition) is 4. The van der Waals surface area contributed by atoms with E-state index in [4.69, 9.17) is 9.15 Å². The van der Waals surface area contributed by atoms with Gasteiger partial charge in [0.25, 0.3) is 5.91 Å². The SMILES string of the molecule is O=C(c1ccccc1-c1ncc(-c2ccc(F)cc2)o1)N1CCOCC1. The van der Waals surface area contributed by atoms with Crippen molar-refractivity contribution < 1.29 is 18.3 Å². The number of aromatic nitrogens is 1. The number of benzene rings is 2. The number of amides is 1. The van der Waals surface area contributed by atoms with Gasteiger partial charge < -0.3 is 14.1 Å². The molecule has 0 spiro atoms. The molecule has 2 heterocycles. The number of rotatable bonds is 3. The molecule has 0 unspecified atom stereocenters. The van der Waals surface area contributed by atoms with E-state index in [-0.39, 0.29) is 11.7 Å². The Balaban J connectivity index is 1.66. The summed E-state index contributed by atoms with van der Waals surface area (Å²) < 4.78 is 24.2. The number of halogens is 1. The van der Waals surface area contributed by atoms with Gasteiger partial charge in [-0.25, -0.2) is 9.37 Å². The quantitative estimate of drug-likeness (QED) is 0.722. The number of morpholine rings is 1. The summed E-state index contributed by atoms with van der Waals surface area (Å²) in [5, 5.41) is 0.